The zero-order valence-electron chi connectivity index (χ0n) is 9.14. The second kappa shape index (κ2) is 3.80. The molecule has 18 heavy (non-hydrogen) atoms. The van der Waals surface area contributed by atoms with Crippen LogP contribution in [-0.4, -0.2) is 23.5 Å². The van der Waals surface area contributed by atoms with E-state index in [4.69, 9.17) is 15.2 Å². The Morgan fingerprint density at radius 1 is 1.33 bits per heavy atom. The van der Waals surface area contributed by atoms with Crippen LogP contribution in [0.1, 0.15) is 0 Å². The number of anilines is 1. The van der Waals surface area contributed by atoms with Crippen molar-refractivity contribution in [1.29, 1.82) is 0 Å². The molecule has 0 amide bonds. The number of ether oxygens (including phenoxy) is 2. The zero-order valence-corrected chi connectivity index (χ0v) is 9.14. The summed E-state index contributed by atoms with van der Waals surface area (Å²) in [5.74, 6) is -1.01. The average molecular weight is 252 g/mol. The molecule has 2 aromatic rings. The molecular formula is C11H9FN2O4. The SMILES string of the molecule is Nc1oncc1-c1c(F)c(O)cc2c1OCCO2. The third kappa shape index (κ3) is 1.44. The van der Waals surface area contributed by atoms with Gasteiger partial charge in [-0.2, -0.15) is 0 Å². The van der Waals surface area contributed by atoms with E-state index in [-0.39, 0.29) is 35.1 Å². The maximum atomic E-state index is 14.0. The van der Waals surface area contributed by atoms with Crippen molar-refractivity contribution in [2.45, 2.75) is 0 Å². The maximum Gasteiger partial charge on any atom is 0.230 e. The van der Waals surface area contributed by atoms with Gasteiger partial charge in [0.25, 0.3) is 0 Å². The van der Waals surface area contributed by atoms with E-state index in [0.717, 1.165) is 6.07 Å². The quantitative estimate of drug-likeness (QED) is 0.800. The van der Waals surface area contributed by atoms with Crippen molar-refractivity contribution in [3.63, 3.8) is 0 Å². The Labute approximate surface area is 101 Å². The first-order chi connectivity index (χ1) is 8.68. The van der Waals surface area contributed by atoms with Gasteiger partial charge in [-0.25, -0.2) is 4.39 Å². The van der Waals surface area contributed by atoms with Crippen molar-refractivity contribution < 1.29 is 23.5 Å². The molecule has 1 aromatic carbocycles. The largest absolute Gasteiger partial charge is 0.505 e. The maximum absolute atomic E-state index is 14.0. The van der Waals surface area contributed by atoms with Crippen LogP contribution in [0, 0.1) is 5.82 Å². The van der Waals surface area contributed by atoms with Gasteiger partial charge in [-0.3, -0.25) is 0 Å². The second-order valence-electron chi connectivity index (χ2n) is 3.71. The molecule has 1 aliphatic rings. The second-order valence-corrected chi connectivity index (χ2v) is 3.71. The Bertz CT molecular complexity index is 611. The lowest BCUT2D eigenvalue weighted by atomic mass is 10.1. The molecule has 1 aliphatic heterocycles. The zero-order chi connectivity index (χ0) is 12.7. The van der Waals surface area contributed by atoms with Gasteiger partial charge in [0.2, 0.25) is 5.88 Å². The fourth-order valence-electron chi connectivity index (χ4n) is 1.83. The number of aromatic nitrogens is 1. The summed E-state index contributed by atoms with van der Waals surface area (Å²) in [7, 11) is 0. The first kappa shape index (κ1) is 10.7. The molecule has 3 rings (SSSR count). The van der Waals surface area contributed by atoms with Gasteiger partial charge in [-0.05, 0) is 0 Å². The van der Waals surface area contributed by atoms with Crippen LogP contribution >= 0.6 is 0 Å². The Morgan fingerprint density at radius 2 is 2.11 bits per heavy atom. The van der Waals surface area contributed by atoms with Crippen LogP contribution in [0.4, 0.5) is 10.3 Å². The summed E-state index contributed by atoms with van der Waals surface area (Å²) < 4.78 is 29.4. The highest BCUT2D eigenvalue weighted by Crippen LogP contribution is 2.46. The van der Waals surface area contributed by atoms with Crippen LogP contribution in [0.2, 0.25) is 0 Å². The number of halogens is 1. The van der Waals surface area contributed by atoms with Crippen LogP contribution in [-0.2, 0) is 0 Å². The number of hydrogen-bond acceptors (Lipinski definition) is 6. The summed E-state index contributed by atoms with van der Waals surface area (Å²) in [6.07, 6.45) is 1.26. The summed E-state index contributed by atoms with van der Waals surface area (Å²) >= 11 is 0. The first-order valence-corrected chi connectivity index (χ1v) is 5.20. The third-order valence-electron chi connectivity index (χ3n) is 2.62. The minimum Gasteiger partial charge on any atom is -0.505 e. The van der Waals surface area contributed by atoms with Crippen molar-refractivity contribution in [3.8, 4) is 28.4 Å². The van der Waals surface area contributed by atoms with Gasteiger partial charge in [0, 0.05) is 6.07 Å². The number of nitrogen functional groups attached to an aromatic ring is 1. The molecule has 6 nitrogen and oxygen atoms in total. The van der Waals surface area contributed by atoms with Crippen LogP contribution < -0.4 is 15.2 Å². The van der Waals surface area contributed by atoms with Gasteiger partial charge < -0.3 is 24.8 Å². The number of phenols is 1. The van der Waals surface area contributed by atoms with Crippen LogP contribution in [0.15, 0.2) is 16.8 Å². The molecule has 0 atom stereocenters. The van der Waals surface area contributed by atoms with E-state index in [1.165, 1.54) is 6.20 Å². The minimum atomic E-state index is -0.853. The van der Waals surface area contributed by atoms with E-state index in [9.17, 15) is 9.50 Å². The predicted octanol–water partition coefficient (Wildman–Crippen LogP) is 1.54. The molecule has 0 saturated carbocycles. The topological polar surface area (TPSA) is 90.7 Å². The van der Waals surface area contributed by atoms with Crippen molar-refractivity contribution in [3.05, 3.63) is 18.1 Å². The molecule has 0 fully saturated rings. The van der Waals surface area contributed by atoms with Crippen LogP contribution in [0.25, 0.3) is 11.1 Å². The van der Waals surface area contributed by atoms with Crippen LogP contribution in [0.5, 0.6) is 17.2 Å². The van der Waals surface area contributed by atoms with Crippen LogP contribution in [0.3, 0.4) is 0 Å². The molecule has 0 bridgehead atoms. The molecule has 0 radical (unpaired) electrons. The molecule has 3 N–H and O–H groups in total. The van der Waals surface area contributed by atoms with Gasteiger partial charge in [0.05, 0.1) is 17.3 Å². The van der Waals surface area contributed by atoms with E-state index in [2.05, 4.69) is 9.68 Å². The molecule has 2 heterocycles. The van der Waals surface area contributed by atoms with Gasteiger partial charge in [-0.15, -0.1) is 0 Å². The summed E-state index contributed by atoms with van der Waals surface area (Å²) in [4.78, 5) is 0. The molecule has 0 aliphatic carbocycles. The van der Waals surface area contributed by atoms with E-state index in [1.54, 1.807) is 0 Å². The Balaban J connectivity index is 2.30. The molecule has 0 unspecified atom stereocenters. The number of nitrogens with zero attached hydrogens (tertiary/aromatic N) is 1. The Morgan fingerprint density at radius 3 is 2.83 bits per heavy atom. The lowest BCUT2D eigenvalue weighted by Crippen LogP contribution is -2.16. The number of aromatic hydroxyl groups is 1. The molecule has 94 valence electrons. The molecule has 1 aromatic heterocycles. The molecule has 0 spiro atoms. The highest BCUT2D eigenvalue weighted by Gasteiger charge is 2.26. The Hall–Kier alpha value is -2.44. The summed E-state index contributed by atoms with van der Waals surface area (Å²) in [6.45, 7) is 0.617. The van der Waals surface area contributed by atoms with Crippen molar-refractivity contribution in [1.82, 2.24) is 5.16 Å². The summed E-state index contributed by atoms with van der Waals surface area (Å²) in [5, 5.41) is 13.0. The highest BCUT2D eigenvalue weighted by atomic mass is 19.1. The van der Waals surface area contributed by atoms with Gasteiger partial charge in [-0.1, -0.05) is 5.16 Å². The van der Waals surface area contributed by atoms with Crippen molar-refractivity contribution in [2.75, 3.05) is 18.9 Å². The standard InChI is InChI=1S/C11H9FN2O4/c12-9-6(15)3-7-10(17-2-1-16-7)8(9)5-4-14-18-11(5)13/h3-4,15H,1-2,13H2. The first-order valence-electron chi connectivity index (χ1n) is 5.20. The molecule has 7 heteroatoms. The predicted molar refractivity (Wildman–Crippen MR) is 59.0 cm³/mol. The van der Waals surface area contributed by atoms with E-state index < -0.39 is 11.6 Å². The number of rotatable bonds is 1. The number of nitrogens with two attached hydrogens (primary N) is 1. The summed E-state index contributed by atoms with van der Waals surface area (Å²) in [5.41, 5.74) is 5.75. The summed E-state index contributed by atoms with van der Waals surface area (Å²) in [6, 6.07) is 1.16. The number of fused-ring (bicyclic) bond motifs is 1. The normalized spacial score (nSPS) is 13.6. The number of phenolic OH excluding ortho intramolecular Hbond substituents is 1. The smallest absolute Gasteiger partial charge is 0.230 e. The number of benzene rings is 1. The van der Waals surface area contributed by atoms with E-state index in [1.807, 2.05) is 0 Å². The van der Waals surface area contributed by atoms with E-state index in [0.29, 0.717) is 6.61 Å². The van der Waals surface area contributed by atoms with Gasteiger partial charge in [0.15, 0.2) is 23.1 Å². The van der Waals surface area contributed by atoms with Crippen molar-refractivity contribution >= 4 is 5.88 Å². The highest BCUT2D eigenvalue weighted by molar-refractivity contribution is 5.81. The number of hydrogen-bond donors (Lipinski definition) is 2. The Kier molecular flexibility index (Phi) is 2.26. The lowest BCUT2D eigenvalue weighted by molar-refractivity contribution is 0.170. The molecule has 0 saturated heterocycles. The lowest BCUT2D eigenvalue weighted by Gasteiger charge is -2.21. The molecular weight excluding hydrogens is 243 g/mol. The average Bonchev–Trinajstić information content (AvgIpc) is 2.77. The fourth-order valence-corrected chi connectivity index (χ4v) is 1.83. The van der Waals surface area contributed by atoms with Gasteiger partial charge >= 0.3 is 0 Å². The van der Waals surface area contributed by atoms with E-state index >= 15 is 0 Å². The van der Waals surface area contributed by atoms with Gasteiger partial charge in [0.1, 0.15) is 13.2 Å². The minimum absolute atomic E-state index is 0.0107. The third-order valence-corrected chi connectivity index (χ3v) is 2.62. The monoisotopic (exact) mass is 252 g/mol. The fraction of sp³-hybridized carbons (Fsp3) is 0.182. The van der Waals surface area contributed by atoms with Crippen molar-refractivity contribution in [2.24, 2.45) is 0 Å².